The quantitative estimate of drug-likeness (QED) is 0.896. The highest BCUT2D eigenvalue weighted by molar-refractivity contribution is 5.68. The Morgan fingerprint density at radius 2 is 1.92 bits per heavy atom. The summed E-state index contributed by atoms with van der Waals surface area (Å²) in [4.78, 5) is 25.6. The third-order valence-electron chi connectivity index (χ3n) is 5.41. The second kappa shape index (κ2) is 6.78. The van der Waals surface area contributed by atoms with Gasteiger partial charge in [0.1, 0.15) is 11.6 Å². The number of carbonyl (C=O) groups is 1. The Morgan fingerprint density at radius 3 is 2.52 bits per heavy atom. The first-order valence-electron chi connectivity index (χ1n) is 9.45. The van der Waals surface area contributed by atoms with E-state index in [-0.39, 0.29) is 6.09 Å². The van der Waals surface area contributed by atoms with Gasteiger partial charge in [0.2, 0.25) is 0 Å². The Morgan fingerprint density at radius 1 is 1.20 bits per heavy atom. The minimum atomic E-state index is -0.215. The fraction of sp³-hybridized carbons (Fsp3) is 0.722. The summed E-state index contributed by atoms with van der Waals surface area (Å²) in [6, 6.07) is 2.46. The monoisotopic (exact) mass is 345 g/mol. The maximum absolute atomic E-state index is 11.9. The fourth-order valence-corrected chi connectivity index (χ4v) is 3.60. The van der Waals surface area contributed by atoms with Crippen LogP contribution in [0.15, 0.2) is 6.07 Å². The summed E-state index contributed by atoms with van der Waals surface area (Å²) in [7, 11) is 0. The molecule has 1 aromatic rings. The van der Waals surface area contributed by atoms with Crippen molar-refractivity contribution in [1.82, 2.24) is 14.9 Å². The normalized spacial score (nSPS) is 26.3. The Hall–Kier alpha value is -1.89. The van der Waals surface area contributed by atoms with Gasteiger partial charge in [0.15, 0.2) is 0 Å². The summed E-state index contributed by atoms with van der Waals surface area (Å²) in [6.07, 6.45) is 4.23. The maximum atomic E-state index is 11.9. The lowest BCUT2D eigenvalue weighted by Gasteiger charge is -2.36. The third kappa shape index (κ3) is 3.56. The molecule has 2 heterocycles. The zero-order valence-corrected chi connectivity index (χ0v) is 14.9. The lowest BCUT2D eigenvalue weighted by atomic mass is 9.78. The smallest absolute Gasteiger partial charge is 0.409 e. The SMILES string of the molecule is CCOC(=O)N1CCN(c2cc(C3CC(N)C3)nc(C3CC3)n2)CC1. The Balaban J connectivity index is 1.47. The number of carbonyl (C=O) groups excluding carboxylic acids is 1. The number of hydrogen-bond acceptors (Lipinski definition) is 6. The average Bonchev–Trinajstić information content (AvgIpc) is 3.44. The van der Waals surface area contributed by atoms with E-state index >= 15 is 0 Å². The van der Waals surface area contributed by atoms with Crippen molar-refractivity contribution in [2.75, 3.05) is 37.7 Å². The topological polar surface area (TPSA) is 84.6 Å². The number of aromatic nitrogens is 2. The Kier molecular flexibility index (Phi) is 4.50. The molecule has 1 amide bonds. The van der Waals surface area contributed by atoms with Gasteiger partial charge in [-0.15, -0.1) is 0 Å². The molecule has 0 unspecified atom stereocenters. The van der Waals surface area contributed by atoms with Crippen LogP contribution in [-0.2, 0) is 4.74 Å². The number of ether oxygens (including phenoxy) is 1. The molecule has 0 bridgehead atoms. The van der Waals surface area contributed by atoms with Crippen LogP contribution in [0.5, 0.6) is 0 Å². The molecule has 1 aromatic heterocycles. The molecule has 3 aliphatic rings. The van der Waals surface area contributed by atoms with Crippen LogP contribution in [0.25, 0.3) is 0 Å². The van der Waals surface area contributed by atoms with Gasteiger partial charge in [-0.1, -0.05) is 0 Å². The summed E-state index contributed by atoms with van der Waals surface area (Å²) >= 11 is 0. The zero-order valence-electron chi connectivity index (χ0n) is 14.9. The first kappa shape index (κ1) is 16.6. The summed E-state index contributed by atoms with van der Waals surface area (Å²) in [5.74, 6) is 3.03. The minimum Gasteiger partial charge on any atom is -0.450 e. The Bertz CT molecular complexity index is 634. The molecule has 2 aliphatic carbocycles. The highest BCUT2D eigenvalue weighted by Crippen LogP contribution is 2.41. The molecule has 7 heteroatoms. The van der Waals surface area contributed by atoms with Gasteiger partial charge >= 0.3 is 6.09 Å². The largest absolute Gasteiger partial charge is 0.450 e. The van der Waals surface area contributed by atoms with Gasteiger partial charge < -0.3 is 20.3 Å². The molecule has 7 nitrogen and oxygen atoms in total. The first-order valence-corrected chi connectivity index (χ1v) is 9.45. The molecule has 4 rings (SSSR count). The van der Waals surface area contributed by atoms with E-state index in [0.717, 1.165) is 43.3 Å². The van der Waals surface area contributed by atoms with Gasteiger partial charge in [0, 0.05) is 55.8 Å². The van der Waals surface area contributed by atoms with E-state index in [9.17, 15) is 4.79 Å². The van der Waals surface area contributed by atoms with Gasteiger partial charge in [-0.2, -0.15) is 0 Å². The number of amides is 1. The molecule has 0 aromatic carbocycles. The van der Waals surface area contributed by atoms with Crippen molar-refractivity contribution < 1.29 is 9.53 Å². The van der Waals surface area contributed by atoms with Gasteiger partial charge in [0.05, 0.1) is 6.61 Å². The van der Waals surface area contributed by atoms with Gasteiger partial charge in [-0.3, -0.25) is 0 Å². The lowest BCUT2D eigenvalue weighted by molar-refractivity contribution is 0.105. The van der Waals surface area contributed by atoms with Crippen LogP contribution in [0.4, 0.5) is 10.6 Å². The van der Waals surface area contributed by atoms with E-state index in [2.05, 4.69) is 11.0 Å². The zero-order chi connectivity index (χ0) is 17.4. The molecular weight excluding hydrogens is 318 g/mol. The predicted octanol–water partition coefficient (Wildman–Crippen LogP) is 1.84. The van der Waals surface area contributed by atoms with Crippen molar-refractivity contribution >= 4 is 11.9 Å². The molecule has 136 valence electrons. The number of rotatable bonds is 4. The van der Waals surface area contributed by atoms with Crippen LogP contribution in [0.2, 0.25) is 0 Å². The molecule has 0 atom stereocenters. The highest BCUT2D eigenvalue weighted by atomic mass is 16.6. The molecule has 3 fully saturated rings. The molecular formula is C18H27N5O2. The molecule has 0 spiro atoms. The summed E-state index contributed by atoms with van der Waals surface area (Å²) < 4.78 is 5.09. The number of nitrogens with two attached hydrogens (primary N) is 1. The average molecular weight is 345 g/mol. The van der Waals surface area contributed by atoms with E-state index < -0.39 is 0 Å². The van der Waals surface area contributed by atoms with Crippen LogP contribution in [0.1, 0.15) is 56.0 Å². The second-order valence-electron chi connectivity index (χ2n) is 7.38. The molecule has 2 N–H and O–H groups in total. The first-order chi connectivity index (χ1) is 12.1. The number of piperazine rings is 1. The fourth-order valence-electron chi connectivity index (χ4n) is 3.60. The molecule has 1 aliphatic heterocycles. The number of hydrogen-bond donors (Lipinski definition) is 1. The highest BCUT2D eigenvalue weighted by Gasteiger charge is 2.33. The van der Waals surface area contributed by atoms with Crippen molar-refractivity contribution in [3.8, 4) is 0 Å². The standard InChI is InChI=1S/C18H27N5O2/c1-2-25-18(24)23-7-5-22(6-8-23)16-11-15(13-9-14(19)10-13)20-17(21-16)12-3-4-12/h11-14H,2-10,19H2,1H3. The van der Waals surface area contributed by atoms with Crippen LogP contribution < -0.4 is 10.6 Å². The lowest BCUT2D eigenvalue weighted by Crippen LogP contribution is -2.49. The molecule has 1 saturated heterocycles. The van der Waals surface area contributed by atoms with Gasteiger partial charge in [-0.25, -0.2) is 14.8 Å². The predicted molar refractivity (Wildman–Crippen MR) is 94.8 cm³/mol. The van der Waals surface area contributed by atoms with Crippen LogP contribution in [-0.4, -0.2) is 59.8 Å². The van der Waals surface area contributed by atoms with Crippen molar-refractivity contribution in [1.29, 1.82) is 0 Å². The van der Waals surface area contributed by atoms with Gasteiger partial charge in [-0.05, 0) is 32.6 Å². The van der Waals surface area contributed by atoms with Crippen molar-refractivity contribution in [2.45, 2.75) is 50.5 Å². The van der Waals surface area contributed by atoms with Crippen LogP contribution in [0.3, 0.4) is 0 Å². The van der Waals surface area contributed by atoms with Crippen molar-refractivity contribution in [2.24, 2.45) is 5.73 Å². The van der Waals surface area contributed by atoms with E-state index in [1.807, 2.05) is 6.92 Å². The third-order valence-corrected chi connectivity index (χ3v) is 5.41. The summed E-state index contributed by atoms with van der Waals surface area (Å²) in [5, 5.41) is 0. The number of nitrogens with zero attached hydrogens (tertiary/aromatic N) is 4. The van der Waals surface area contributed by atoms with Gasteiger partial charge in [0.25, 0.3) is 0 Å². The Labute approximate surface area is 148 Å². The molecule has 0 radical (unpaired) electrons. The number of anilines is 1. The molecule has 2 saturated carbocycles. The molecule has 25 heavy (non-hydrogen) atoms. The van der Waals surface area contributed by atoms with Crippen LogP contribution >= 0.6 is 0 Å². The van der Waals surface area contributed by atoms with Crippen molar-refractivity contribution in [3.63, 3.8) is 0 Å². The summed E-state index contributed by atoms with van der Waals surface area (Å²) in [5.41, 5.74) is 7.12. The van der Waals surface area contributed by atoms with Crippen LogP contribution in [0, 0.1) is 0 Å². The van der Waals surface area contributed by atoms with E-state index in [1.165, 1.54) is 12.8 Å². The van der Waals surface area contributed by atoms with E-state index in [1.54, 1.807) is 4.90 Å². The summed E-state index contributed by atoms with van der Waals surface area (Å²) in [6.45, 7) is 5.16. The van der Waals surface area contributed by atoms with E-state index in [4.69, 9.17) is 20.4 Å². The van der Waals surface area contributed by atoms with Crippen molar-refractivity contribution in [3.05, 3.63) is 17.6 Å². The van der Waals surface area contributed by atoms with E-state index in [0.29, 0.717) is 37.6 Å². The minimum absolute atomic E-state index is 0.215. The second-order valence-corrected chi connectivity index (χ2v) is 7.38. The maximum Gasteiger partial charge on any atom is 0.409 e.